The largest absolute Gasteiger partial charge is 0.493 e. The summed E-state index contributed by atoms with van der Waals surface area (Å²) in [5, 5.41) is 9.52. The molecule has 0 spiro atoms. The Morgan fingerprint density at radius 2 is 2.12 bits per heavy atom. The third-order valence-electron chi connectivity index (χ3n) is 2.23. The van der Waals surface area contributed by atoms with E-state index in [1.807, 2.05) is 18.1 Å². The molecule has 88 valence electrons. The lowest BCUT2D eigenvalue weighted by Gasteiger charge is -2.16. The van der Waals surface area contributed by atoms with Gasteiger partial charge in [0.15, 0.2) is 0 Å². The number of unbranched alkanes of at least 4 members (excludes halogenated alkanes) is 1. The maximum atomic E-state index is 9.52. The van der Waals surface area contributed by atoms with E-state index in [1.54, 1.807) is 6.92 Å². The van der Waals surface area contributed by atoms with Crippen LogP contribution in [0.4, 0.5) is 11.8 Å². The summed E-state index contributed by atoms with van der Waals surface area (Å²) in [5.74, 6) is 0.629. The Bertz CT molecular complexity index is 390. The number of rotatable bonds is 4. The molecule has 0 aliphatic carbocycles. The number of nitrogens with zero attached hydrogens (tertiary/aromatic N) is 3. The minimum Gasteiger partial charge on any atom is -0.493 e. The number of allylic oxidation sites excluding steroid dienone is 1. The number of hydrogen-bond donors (Lipinski definition) is 2. The van der Waals surface area contributed by atoms with Crippen molar-refractivity contribution in [3.05, 3.63) is 17.8 Å². The van der Waals surface area contributed by atoms with Gasteiger partial charge in [-0.2, -0.15) is 9.97 Å². The first kappa shape index (κ1) is 12.3. The fourth-order valence-electron chi connectivity index (χ4n) is 1.32. The number of anilines is 2. The zero-order valence-corrected chi connectivity index (χ0v) is 9.94. The molecule has 1 aromatic heterocycles. The van der Waals surface area contributed by atoms with E-state index >= 15 is 0 Å². The molecule has 0 radical (unpaired) electrons. The molecule has 0 bridgehead atoms. The van der Waals surface area contributed by atoms with Crippen molar-refractivity contribution in [2.75, 3.05) is 17.7 Å². The first-order valence-corrected chi connectivity index (χ1v) is 5.28. The second kappa shape index (κ2) is 5.34. The first-order chi connectivity index (χ1) is 7.56. The van der Waals surface area contributed by atoms with Gasteiger partial charge in [0.2, 0.25) is 11.8 Å². The van der Waals surface area contributed by atoms with Gasteiger partial charge in [0.1, 0.15) is 5.82 Å². The Balaban J connectivity index is 2.94. The fourth-order valence-corrected chi connectivity index (χ4v) is 1.32. The molecule has 16 heavy (non-hydrogen) atoms. The van der Waals surface area contributed by atoms with E-state index < -0.39 is 0 Å². The van der Waals surface area contributed by atoms with Crippen molar-refractivity contribution in [3.63, 3.8) is 0 Å². The van der Waals surface area contributed by atoms with Crippen LogP contribution in [0.25, 0.3) is 0 Å². The molecule has 0 fully saturated rings. The molecular weight excluding hydrogens is 204 g/mol. The molecule has 1 heterocycles. The molecule has 0 amide bonds. The van der Waals surface area contributed by atoms with Gasteiger partial charge >= 0.3 is 0 Å². The molecule has 0 aromatic carbocycles. The van der Waals surface area contributed by atoms with Gasteiger partial charge in [0.25, 0.3) is 0 Å². The standard InChI is InChI=1S/C11H18N4O/c1-4-5-6-7-15(3)9-8(2)10(16)14-11(12)13-9/h6-7H,4-5H2,1-3H3,(H3,12,13,14,16)/b7-6+. The second-order valence-corrected chi connectivity index (χ2v) is 3.64. The third-order valence-corrected chi connectivity index (χ3v) is 2.23. The molecule has 0 unspecified atom stereocenters. The van der Waals surface area contributed by atoms with Crippen LogP contribution in [0.2, 0.25) is 0 Å². The molecule has 0 atom stereocenters. The van der Waals surface area contributed by atoms with Crippen LogP contribution in [0.1, 0.15) is 25.3 Å². The SMILES string of the molecule is CCC/C=C/N(C)c1nc(N)nc(O)c1C. The Morgan fingerprint density at radius 3 is 2.75 bits per heavy atom. The number of aromatic hydroxyl groups is 1. The molecule has 0 aliphatic heterocycles. The van der Waals surface area contributed by atoms with Crippen molar-refractivity contribution in [2.45, 2.75) is 26.7 Å². The van der Waals surface area contributed by atoms with Gasteiger partial charge in [-0.05, 0) is 13.3 Å². The first-order valence-electron chi connectivity index (χ1n) is 5.28. The van der Waals surface area contributed by atoms with E-state index in [4.69, 9.17) is 5.73 Å². The van der Waals surface area contributed by atoms with Crippen LogP contribution in [0.5, 0.6) is 5.88 Å². The number of aromatic nitrogens is 2. The van der Waals surface area contributed by atoms with E-state index in [9.17, 15) is 5.11 Å². The highest BCUT2D eigenvalue weighted by Gasteiger charge is 2.10. The minimum absolute atomic E-state index is 0.0711. The summed E-state index contributed by atoms with van der Waals surface area (Å²) >= 11 is 0. The highest BCUT2D eigenvalue weighted by Crippen LogP contribution is 2.24. The van der Waals surface area contributed by atoms with Crippen LogP contribution in [0.3, 0.4) is 0 Å². The fraction of sp³-hybridized carbons (Fsp3) is 0.455. The average Bonchev–Trinajstić information content (AvgIpc) is 2.23. The highest BCUT2D eigenvalue weighted by atomic mass is 16.3. The molecule has 1 aromatic rings. The van der Waals surface area contributed by atoms with E-state index in [0.717, 1.165) is 12.8 Å². The molecule has 5 nitrogen and oxygen atoms in total. The van der Waals surface area contributed by atoms with Gasteiger partial charge < -0.3 is 15.7 Å². The van der Waals surface area contributed by atoms with Crippen molar-refractivity contribution in [3.8, 4) is 5.88 Å². The lowest BCUT2D eigenvalue weighted by molar-refractivity contribution is 0.449. The van der Waals surface area contributed by atoms with Crippen molar-refractivity contribution >= 4 is 11.8 Å². The Kier molecular flexibility index (Phi) is 4.10. The van der Waals surface area contributed by atoms with Crippen molar-refractivity contribution < 1.29 is 5.11 Å². The maximum absolute atomic E-state index is 9.52. The quantitative estimate of drug-likeness (QED) is 0.812. The van der Waals surface area contributed by atoms with Gasteiger partial charge in [-0.1, -0.05) is 19.4 Å². The van der Waals surface area contributed by atoms with E-state index in [1.165, 1.54) is 0 Å². The van der Waals surface area contributed by atoms with Crippen molar-refractivity contribution in [1.29, 1.82) is 0 Å². The summed E-state index contributed by atoms with van der Waals surface area (Å²) in [4.78, 5) is 9.60. The van der Waals surface area contributed by atoms with Crippen LogP contribution in [-0.4, -0.2) is 22.1 Å². The van der Waals surface area contributed by atoms with Crippen LogP contribution >= 0.6 is 0 Å². The van der Waals surface area contributed by atoms with Gasteiger partial charge in [-0.15, -0.1) is 0 Å². The molecule has 3 N–H and O–H groups in total. The van der Waals surface area contributed by atoms with E-state index in [2.05, 4.69) is 23.0 Å². The summed E-state index contributed by atoms with van der Waals surface area (Å²) < 4.78 is 0. The highest BCUT2D eigenvalue weighted by molar-refractivity contribution is 5.54. The lowest BCUT2D eigenvalue weighted by Crippen LogP contribution is -2.13. The van der Waals surface area contributed by atoms with Crippen LogP contribution in [0.15, 0.2) is 12.3 Å². The molecule has 5 heteroatoms. The molecule has 1 rings (SSSR count). The van der Waals surface area contributed by atoms with Crippen molar-refractivity contribution in [1.82, 2.24) is 9.97 Å². The third kappa shape index (κ3) is 2.85. The summed E-state index contributed by atoms with van der Waals surface area (Å²) in [5.41, 5.74) is 6.11. The van der Waals surface area contributed by atoms with Crippen LogP contribution < -0.4 is 10.6 Å². The summed E-state index contributed by atoms with van der Waals surface area (Å²) in [7, 11) is 1.86. The topological polar surface area (TPSA) is 75.3 Å². The Hall–Kier alpha value is -1.78. The lowest BCUT2D eigenvalue weighted by atomic mass is 10.3. The predicted molar refractivity (Wildman–Crippen MR) is 65.3 cm³/mol. The molecule has 0 saturated carbocycles. The van der Waals surface area contributed by atoms with Gasteiger partial charge in [0, 0.05) is 13.2 Å². The van der Waals surface area contributed by atoms with Crippen LogP contribution in [-0.2, 0) is 0 Å². The normalized spacial score (nSPS) is 10.9. The maximum Gasteiger partial charge on any atom is 0.225 e. The second-order valence-electron chi connectivity index (χ2n) is 3.64. The summed E-state index contributed by atoms with van der Waals surface area (Å²) in [6.07, 6.45) is 6.07. The van der Waals surface area contributed by atoms with Gasteiger partial charge in [-0.25, -0.2) is 0 Å². The zero-order chi connectivity index (χ0) is 12.1. The van der Waals surface area contributed by atoms with Crippen LogP contribution in [0, 0.1) is 6.92 Å². The van der Waals surface area contributed by atoms with Gasteiger partial charge in [0.05, 0.1) is 5.56 Å². The van der Waals surface area contributed by atoms with Gasteiger partial charge in [-0.3, -0.25) is 0 Å². The number of hydrogen-bond acceptors (Lipinski definition) is 5. The number of nitrogens with two attached hydrogens (primary N) is 1. The van der Waals surface area contributed by atoms with E-state index in [-0.39, 0.29) is 11.8 Å². The molecular formula is C11H18N4O. The Morgan fingerprint density at radius 1 is 1.44 bits per heavy atom. The van der Waals surface area contributed by atoms with Crippen molar-refractivity contribution in [2.24, 2.45) is 0 Å². The zero-order valence-electron chi connectivity index (χ0n) is 9.94. The Labute approximate surface area is 95.6 Å². The smallest absolute Gasteiger partial charge is 0.225 e. The molecule has 0 aliphatic rings. The monoisotopic (exact) mass is 222 g/mol. The average molecular weight is 222 g/mol. The summed E-state index contributed by atoms with van der Waals surface area (Å²) in [6.45, 7) is 3.87. The predicted octanol–water partition coefficient (Wildman–Crippen LogP) is 1.82. The minimum atomic E-state index is -0.0711. The number of nitrogen functional groups attached to an aromatic ring is 1. The molecule has 0 saturated heterocycles. The van der Waals surface area contributed by atoms with E-state index in [0.29, 0.717) is 11.4 Å². The summed E-state index contributed by atoms with van der Waals surface area (Å²) in [6, 6.07) is 0.